The van der Waals surface area contributed by atoms with Gasteiger partial charge in [0, 0.05) is 35.4 Å². The topological polar surface area (TPSA) is 93.4 Å². The average Bonchev–Trinajstić information content (AvgIpc) is 2.69. The van der Waals surface area contributed by atoms with Gasteiger partial charge in [0.15, 0.2) is 5.75 Å². The molecule has 0 spiro atoms. The van der Waals surface area contributed by atoms with Crippen LogP contribution in [0.3, 0.4) is 0 Å². The maximum atomic E-state index is 11.7. The molecular formula is C20H20BrN5O3. The van der Waals surface area contributed by atoms with Crippen molar-refractivity contribution in [2.75, 3.05) is 25.5 Å². The lowest BCUT2D eigenvalue weighted by molar-refractivity contribution is -0.386. The summed E-state index contributed by atoms with van der Waals surface area (Å²) in [7, 11) is 2.06. The molecule has 1 saturated heterocycles. The van der Waals surface area contributed by atoms with Crippen LogP contribution in [0.1, 0.15) is 12.8 Å². The lowest BCUT2D eigenvalue weighted by atomic mass is 10.1. The van der Waals surface area contributed by atoms with Crippen LogP contribution >= 0.6 is 15.9 Å². The van der Waals surface area contributed by atoms with Crippen molar-refractivity contribution in [3.05, 3.63) is 57.3 Å². The fourth-order valence-corrected chi connectivity index (χ4v) is 3.79. The molecule has 1 aromatic heterocycles. The van der Waals surface area contributed by atoms with Crippen LogP contribution in [0.5, 0.6) is 5.75 Å². The van der Waals surface area contributed by atoms with Gasteiger partial charge in [0.2, 0.25) is 0 Å². The highest BCUT2D eigenvalue weighted by atomic mass is 79.9. The first-order valence-electron chi connectivity index (χ1n) is 9.30. The minimum absolute atomic E-state index is 0.0385. The Kier molecular flexibility index (Phi) is 5.59. The number of rotatable bonds is 5. The number of hydrogen-bond donors (Lipinski definition) is 1. The van der Waals surface area contributed by atoms with Gasteiger partial charge in [-0.05, 0) is 38.1 Å². The highest BCUT2D eigenvalue weighted by Gasteiger charge is 2.24. The molecule has 4 rings (SSSR count). The van der Waals surface area contributed by atoms with Crippen molar-refractivity contribution in [1.29, 1.82) is 0 Å². The van der Waals surface area contributed by atoms with Gasteiger partial charge < -0.3 is 15.0 Å². The van der Waals surface area contributed by atoms with Crippen LogP contribution < -0.4 is 10.1 Å². The van der Waals surface area contributed by atoms with Gasteiger partial charge in [-0.15, -0.1) is 0 Å². The molecule has 1 aliphatic rings. The first-order chi connectivity index (χ1) is 14.0. The van der Waals surface area contributed by atoms with Crippen LogP contribution in [-0.4, -0.2) is 46.0 Å². The summed E-state index contributed by atoms with van der Waals surface area (Å²) in [4.78, 5) is 22.1. The van der Waals surface area contributed by atoms with E-state index >= 15 is 0 Å². The molecule has 150 valence electrons. The number of fused-ring (bicyclic) bond motifs is 1. The maximum Gasteiger partial charge on any atom is 0.311 e. The zero-order chi connectivity index (χ0) is 20.4. The quantitative estimate of drug-likeness (QED) is 0.444. The second-order valence-corrected chi connectivity index (χ2v) is 7.99. The molecule has 1 fully saturated rings. The first kappa shape index (κ1) is 19.5. The summed E-state index contributed by atoms with van der Waals surface area (Å²) in [5.41, 5.74) is 1.32. The Hall–Kier alpha value is -2.78. The second kappa shape index (κ2) is 8.30. The number of nitro groups is 1. The van der Waals surface area contributed by atoms with Crippen molar-refractivity contribution in [2.24, 2.45) is 0 Å². The van der Waals surface area contributed by atoms with Crippen LogP contribution in [-0.2, 0) is 0 Å². The van der Waals surface area contributed by atoms with Crippen molar-refractivity contribution in [1.82, 2.24) is 14.9 Å². The van der Waals surface area contributed by atoms with Crippen LogP contribution in [0.15, 0.2) is 47.2 Å². The van der Waals surface area contributed by atoms with E-state index in [1.54, 1.807) is 6.07 Å². The molecule has 1 N–H and O–H groups in total. The zero-order valence-electron chi connectivity index (χ0n) is 15.8. The van der Waals surface area contributed by atoms with E-state index in [1.807, 2.05) is 24.3 Å². The highest BCUT2D eigenvalue weighted by Crippen LogP contribution is 2.36. The van der Waals surface area contributed by atoms with Crippen LogP contribution in [0.25, 0.3) is 10.9 Å². The van der Waals surface area contributed by atoms with Crippen LogP contribution in [0.2, 0.25) is 0 Å². The van der Waals surface area contributed by atoms with E-state index in [4.69, 9.17) is 4.74 Å². The smallest absolute Gasteiger partial charge is 0.311 e. The Morgan fingerprint density at radius 1 is 1.24 bits per heavy atom. The molecule has 0 unspecified atom stereocenters. The molecule has 8 nitrogen and oxygen atoms in total. The van der Waals surface area contributed by atoms with Gasteiger partial charge in [-0.3, -0.25) is 10.1 Å². The number of ether oxygens (including phenoxy) is 1. The number of hydrogen-bond acceptors (Lipinski definition) is 7. The number of halogens is 1. The summed E-state index contributed by atoms with van der Waals surface area (Å²) in [5.74, 6) is 0.756. The molecule has 0 aliphatic carbocycles. The van der Waals surface area contributed by atoms with Gasteiger partial charge in [0.05, 0.1) is 15.8 Å². The molecular weight excluding hydrogens is 438 g/mol. The Balaban J connectivity index is 1.69. The lowest BCUT2D eigenvalue weighted by Crippen LogP contribution is -2.35. The number of likely N-dealkylation sites (tertiary alicyclic amines) is 1. The number of benzene rings is 2. The number of nitrogens with zero attached hydrogens (tertiary/aromatic N) is 4. The second-order valence-electron chi connectivity index (χ2n) is 7.07. The fraction of sp³-hybridized carbons (Fsp3) is 0.300. The standard InChI is InChI=1S/C20H20BrN5O3/c1-25-7-5-15(6-8-25)29-19-11-17-16(10-18(19)26(27)28)20(23-12-22-17)24-14-4-2-3-13(21)9-14/h2-4,9-12,15H,5-8H2,1H3,(H,22,23,24). The van der Waals surface area contributed by atoms with Gasteiger partial charge in [-0.25, -0.2) is 9.97 Å². The van der Waals surface area contributed by atoms with E-state index in [0.717, 1.165) is 36.1 Å². The minimum atomic E-state index is -0.417. The number of aromatic nitrogens is 2. The van der Waals surface area contributed by atoms with Gasteiger partial charge in [-0.2, -0.15) is 0 Å². The SMILES string of the molecule is CN1CCC(Oc2cc3ncnc(Nc4cccc(Br)c4)c3cc2[N+](=O)[O-])CC1. The third kappa shape index (κ3) is 4.46. The number of nitrogens with one attached hydrogen (secondary N) is 1. The van der Waals surface area contributed by atoms with E-state index in [2.05, 4.69) is 43.2 Å². The molecule has 9 heteroatoms. The van der Waals surface area contributed by atoms with E-state index in [9.17, 15) is 10.1 Å². The first-order valence-corrected chi connectivity index (χ1v) is 10.1. The van der Waals surface area contributed by atoms with Crippen LogP contribution in [0.4, 0.5) is 17.2 Å². The van der Waals surface area contributed by atoms with E-state index < -0.39 is 4.92 Å². The third-order valence-electron chi connectivity index (χ3n) is 4.96. The molecule has 0 radical (unpaired) electrons. The molecule has 0 amide bonds. The lowest BCUT2D eigenvalue weighted by Gasteiger charge is -2.29. The van der Waals surface area contributed by atoms with Crippen molar-refractivity contribution in [2.45, 2.75) is 18.9 Å². The summed E-state index contributed by atoms with van der Waals surface area (Å²) < 4.78 is 6.94. The molecule has 29 heavy (non-hydrogen) atoms. The Morgan fingerprint density at radius 3 is 2.76 bits per heavy atom. The van der Waals surface area contributed by atoms with Gasteiger partial charge in [-0.1, -0.05) is 22.0 Å². The molecule has 0 atom stereocenters. The number of nitro benzene ring substituents is 1. The minimum Gasteiger partial charge on any atom is -0.483 e. The van der Waals surface area contributed by atoms with E-state index in [1.165, 1.54) is 12.4 Å². The average molecular weight is 458 g/mol. The van der Waals surface area contributed by atoms with Gasteiger partial charge in [0.25, 0.3) is 0 Å². The molecule has 3 aromatic rings. The summed E-state index contributed by atoms with van der Waals surface area (Å²) in [6.07, 6.45) is 3.08. The highest BCUT2D eigenvalue weighted by molar-refractivity contribution is 9.10. The molecule has 2 aromatic carbocycles. The van der Waals surface area contributed by atoms with Gasteiger partial charge in [0.1, 0.15) is 18.2 Å². The normalized spacial score (nSPS) is 15.4. The molecule has 0 bridgehead atoms. The zero-order valence-corrected chi connectivity index (χ0v) is 17.4. The summed E-state index contributed by atoms with van der Waals surface area (Å²) >= 11 is 3.43. The molecule has 0 saturated carbocycles. The number of piperidine rings is 1. The van der Waals surface area contributed by atoms with Crippen molar-refractivity contribution in [3.8, 4) is 5.75 Å². The predicted molar refractivity (Wildman–Crippen MR) is 115 cm³/mol. The predicted octanol–water partition coefficient (Wildman–Crippen LogP) is 4.52. The Bertz CT molecular complexity index is 1050. The Morgan fingerprint density at radius 2 is 2.03 bits per heavy atom. The maximum absolute atomic E-state index is 11.7. The molecule has 2 heterocycles. The molecule has 1 aliphatic heterocycles. The third-order valence-corrected chi connectivity index (χ3v) is 5.45. The summed E-state index contributed by atoms with van der Waals surface area (Å²) in [6, 6.07) is 10.7. The van der Waals surface area contributed by atoms with Crippen molar-refractivity contribution < 1.29 is 9.66 Å². The van der Waals surface area contributed by atoms with Crippen molar-refractivity contribution in [3.63, 3.8) is 0 Å². The monoisotopic (exact) mass is 457 g/mol. The number of anilines is 2. The summed E-state index contributed by atoms with van der Waals surface area (Å²) in [5, 5.41) is 15.5. The summed E-state index contributed by atoms with van der Waals surface area (Å²) in [6.45, 7) is 1.82. The van der Waals surface area contributed by atoms with Crippen molar-refractivity contribution >= 4 is 44.0 Å². The van der Waals surface area contributed by atoms with E-state index in [-0.39, 0.29) is 17.5 Å². The van der Waals surface area contributed by atoms with Gasteiger partial charge >= 0.3 is 5.69 Å². The largest absolute Gasteiger partial charge is 0.483 e. The van der Waals surface area contributed by atoms with Crippen LogP contribution in [0, 0.1) is 10.1 Å². The Labute approximate surface area is 176 Å². The fourth-order valence-electron chi connectivity index (χ4n) is 3.39. The van der Waals surface area contributed by atoms with E-state index in [0.29, 0.717) is 16.7 Å².